The molecule has 1 amide bonds. The van der Waals surface area contributed by atoms with E-state index in [1.165, 1.54) is 45.1 Å². The number of piperidine rings is 3. The minimum atomic E-state index is -0.371. The van der Waals surface area contributed by atoms with Crippen molar-refractivity contribution in [3.63, 3.8) is 0 Å². The van der Waals surface area contributed by atoms with Crippen LogP contribution in [0.5, 0.6) is 0 Å². The first-order valence-electron chi connectivity index (χ1n) is 10.8. The fourth-order valence-corrected chi connectivity index (χ4v) is 5.82. The Morgan fingerprint density at radius 2 is 2.11 bits per heavy atom. The molecular weight excluding hydrogens is 336 g/mol. The number of hydrogen-bond acceptors (Lipinski definition) is 4. The van der Waals surface area contributed by atoms with Gasteiger partial charge >= 0.3 is 0 Å². The molecule has 27 heavy (non-hydrogen) atoms. The van der Waals surface area contributed by atoms with E-state index in [-0.39, 0.29) is 5.91 Å². The van der Waals surface area contributed by atoms with Crippen LogP contribution in [-0.4, -0.2) is 47.5 Å². The second-order valence-corrected chi connectivity index (χ2v) is 9.24. The number of nitrogens with two attached hydrogens (primary N) is 1. The molecule has 0 saturated carbocycles. The third-order valence-corrected chi connectivity index (χ3v) is 7.01. The zero-order valence-corrected chi connectivity index (χ0v) is 16.8. The van der Waals surface area contributed by atoms with Gasteiger partial charge in [-0.1, -0.05) is 20.3 Å². The highest BCUT2D eigenvalue weighted by Gasteiger charge is 2.47. The number of hydrogen-bond donors (Lipinski definition) is 1. The quantitative estimate of drug-likeness (QED) is 0.864. The predicted molar refractivity (Wildman–Crippen MR) is 109 cm³/mol. The molecule has 0 spiro atoms. The lowest BCUT2D eigenvalue weighted by Gasteiger charge is -2.57. The van der Waals surface area contributed by atoms with E-state index in [9.17, 15) is 4.79 Å². The highest BCUT2D eigenvalue weighted by Crippen LogP contribution is 2.43. The van der Waals surface area contributed by atoms with E-state index in [0.717, 1.165) is 24.8 Å². The van der Waals surface area contributed by atoms with Crippen molar-refractivity contribution >= 4 is 11.7 Å². The zero-order chi connectivity index (χ0) is 19.0. The lowest BCUT2D eigenvalue weighted by molar-refractivity contribution is -0.0369. The van der Waals surface area contributed by atoms with Gasteiger partial charge in [-0.3, -0.25) is 9.69 Å². The molecule has 3 fully saturated rings. The smallest absolute Gasteiger partial charge is 0.252 e. The number of nitrogens with zero attached hydrogens (tertiary/aromatic N) is 3. The van der Waals surface area contributed by atoms with Crippen LogP contribution in [0.1, 0.15) is 62.7 Å². The first kappa shape index (κ1) is 18.7. The summed E-state index contributed by atoms with van der Waals surface area (Å²) in [4.78, 5) is 21.7. The van der Waals surface area contributed by atoms with Crippen molar-refractivity contribution in [3.8, 4) is 0 Å². The summed E-state index contributed by atoms with van der Waals surface area (Å²) in [5.74, 6) is 2.53. The molecule has 4 atom stereocenters. The number of pyridine rings is 1. The van der Waals surface area contributed by atoms with Crippen LogP contribution in [0.2, 0.25) is 0 Å². The molecule has 2 bridgehead atoms. The molecule has 0 radical (unpaired) electrons. The third kappa shape index (κ3) is 3.71. The van der Waals surface area contributed by atoms with Gasteiger partial charge in [0, 0.05) is 31.4 Å². The average Bonchev–Trinajstić information content (AvgIpc) is 2.67. The maximum Gasteiger partial charge on any atom is 0.252 e. The zero-order valence-electron chi connectivity index (χ0n) is 16.8. The van der Waals surface area contributed by atoms with Gasteiger partial charge in [-0.05, 0) is 68.5 Å². The molecule has 3 aliphatic rings. The summed E-state index contributed by atoms with van der Waals surface area (Å²) in [6, 6.07) is 5.01. The molecule has 4 heterocycles. The van der Waals surface area contributed by atoms with Gasteiger partial charge in [0.15, 0.2) is 0 Å². The summed E-state index contributed by atoms with van der Waals surface area (Å²) in [7, 11) is 0. The lowest BCUT2D eigenvalue weighted by Crippen LogP contribution is -2.63. The summed E-state index contributed by atoms with van der Waals surface area (Å²) in [6.45, 7) is 7.95. The van der Waals surface area contributed by atoms with Crippen LogP contribution in [0.15, 0.2) is 18.3 Å². The predicted octanol–water partition coefficient (Wildman–Crippen LogP) is 3.30. The van der Waals surface area contributed by atoms with Gasteiger partial charge in [-0.2, -0.15) is 0 Å². The molecule has 3 saturated heterocycles. The van der Waals surface area contributed by atoms with E-state index < -0.39 is 0 Å². The summed E-state index contributed by atoms with van der Waals surface area (Å²) < 4.78 is 0. The van der Waals surface area contributed by atoms with E-state index in [1.807, 2.05) is 12.1 Å². The molecular formula is C22H34N4O. The number of anilines is 1. The minimum absolute atomic E-state index is 0.371. The molecule has 1 aromatic heterocycles. The maximum absolute atomic E-state index is 11.9. The summed E-state index contributed by atoms with van der Waals surface area (Å²) in [5.41, 5.74) is 6.20. The Morgan fingerprint density at radius 1 is 1.30 bits per heavy atom. The SMILES string of the molecule is CC(C)CC[C@H]1[C@H]2C[C@H](CN(c3ncccc3C(N)=O)C2)[C@@H]2CCCCN21. The van der Waals surface area contributed by atoms with E-state index in [4.69, 9.17) is 5.73 Å². The standard InChI is InChI=1S/C22H34N4O/c1-15(2)8-9-20-17-12-16(19-7-3-4-11-26(19)20)13-25(14-17)22-18(21(23)27)6-5-10-24-22/h5-6,10,15-17,19-20H,3-4,7-9,11-14H2,1-2H3,(H2,23,27)/t16-,17+,19+,20+/m1/s1. The van der Waals surface area contributed by atoms with E-state index >= 15 is 0 Å². The highest BCUT2D eigenvalue weighted by atomic mass is 16.1. The molecule has 148 valence electrons. The van der Waals surface area contributed by atoms with Crippen LogP contribution < -0.4 is 10.6 Å². The van der Waals surface area contributed by atoms with Crippen molar-refractivity contribution in [2.45, 2.75) is 64.5 Å². The van der Waals surface area contributed by atoms with Crippen LogP contribution in [0.4, 0.5) is 5.82 Å². The Labute approximate surface area is 163 Å². The highest BCUT2D eigenvalue weighted by molar-refractivity contribution is 5.97. The Hall–Kier alpha value is -1.62. The van der Waals surface area contributed by atoms with E-state index in [2.05, 4.69) is 28.6 Å². The monoisotopic (exact) mass is 370 g/mol. The van der Waals surface area contributed by atoms with Crippen molar-refractivity contribution < 1.29 is 4.79 Å². The van der Waals surface area contributed by atoms with Crippen LogP contribution in [0, 0.1) is 17.8 Å². The molecule has 4 rings (SSSR count). The molecule has 1 aromatic rings. The molecule has 0 aromatic carbocycles. The Kier molecular flexibility index (Phi) is 5.40. The van der Waals surface area contributed by atoms with Gasteiger partial charge in [0.05, 0.1) is 5.56 Å². The van der Waals surface area contributed by atoms with E-state index in [1.54, 1.807) is 6.20 Å². The van der Waals surface area contributed by atoms with Gasteiger partial charge in [0.2, 0.25) is 0 Å². The lowest BCUT2D eigenvalue weighted by atomic mass is 9.71. The van der Waals surface area contributed by atoms with Crippen LogP contribution in [0.3, 0.4) is 0 Å². The summed E-state index contributed by atoms with van der Waals surface area (Å²) >= 11 is 0. The second kappa shape index (κ2) is 7.78. The topological polar surface area (TPSA) is 62.5 Å². The van der Waals surface area contributed by atoms with Crippen molar-refractivity contribution in [1.29, 1.82) is 0 Å². The molecule has 3 aliphatic heterocycles. The Balaban J connectivity index is 1.61. The Bertz CT molecular complexity index is 676. The van der Waals surface area contributed by atoms with E-state index in [0.29, 0.717) is 29.5 Å². The van der Waals surface area contributed by atoms with Gasteiger partial charge in [0.25, 0.3) is 5.91 Å². The van der Waals surface area contributed by atoms with Gasteiger partial charge in [-0.25, -0.2) is 4.98 Å². The second-order valence-electron chi connectivity index (χ2n) is 9.24. The normalized spacial score (nSPS) is 31.0. The molecule has 5 heteroatoms. The molecule has 2 N–H and O–H groups in total. The van der Waals surface area contributed by atoms with Gasteiger partial charge in [-0.15, -0.1) is 0 Å². The van der Waals surface area contributed by atoms with Crippen LogP contribution in [-0.2, 0) is 0 Å². The minimum Gasteiger partial charge on any atom is -0.365 e. The average molecular weight is 371 g/mol. The van der Waals surface area contributed by atoms with Gasteiger partial charge in [0.1, 0.15) is 5.82 Å². The number of carbonyl (C=O) groups excluding carboxylic acids is 1. The first-order chi connectivity index (χ1) is 13.0. The fourth-order valence-electron chi connectivity index (χ4n) is 5.82. The number of amides is 1. The van der Waals surface area contributed by atoms with Crippen LogP contribution >= 0.6 is 0 Å². The molecule has 0 unspecified atom stereocenters. The summed E-state index contributed by atoms with van der Waals surface area (Å²) in [5, 5.41) is 0. The number of carbonyl (C=O) groups is 1. The summed E-state index contributed by atoms with van der Waals surface area (Å²) in [6.07, 6.45) is 9.75. The Morgan fingerprint density at radius 3 is 2.89 bits per heavy atom. The van der Waals surface area contributed by atoms with Gasteiger partial charge < -0.3 is 10.6 Å². The number of primary amides is 1. The largest absolute Gasteiger partial charge is 0.365 e. The third-order valence-electron chi connectivity index (χ3n) is 7.01. The van der Waals surface area contributed by atoms with Crippen molar-refractivity contribution in [1.82, 2.24) is 9.88 Å². The van der Waals surface area contributed by atoms with Crippen molar-refractivity contribution in [2.75, 3.05) is 24.5 Å². The number of fused-ring (bicyclic) bond motifs is 4. The fraction of sp³-hybridized carbons (Fsp3) is 0.727. The first-order valence-corrected chi connectivity index (χ1v) is 10.8. The van der Waals surface area contributed by atoms with Crippen molar-refractivity contribution in [2.24, 2.45) is 23.5 Å². The number of rotatable bonds is 5. The molecule has 5 nitrogen and oxygen atoms in total. The maximum atomic E-state index is 11.9. The number of aromatic nitrogens is 1. The molecule has 0 aliphatic carbocycles. The van der Waals surface area contributed by atoms with Crippen LogP contribution in [0.25, 0.3) is 0 Å². The van der Waals surface area contributed by atoms with Crippen molar-refractivity contribution in [3.05, 3.63) is 23.9 Å².